The summed E-state index contributed by atoms with van der Waals surface area (Å²) < 4.78 is 0. The first-order valence-corrected chi connectivity index (χ1v) is 6.83. The fourth-order valence-electron chi connectivity index (χ4n) is 2.65. The summed E-state index contributed by atoms with van der Waals surface area (Å²) in [4.78, 5) is 2.25. The highest BCUT2D eigenvalue weighted by Gasteiger charge is 2.23. The largest absolute Gasteiger partial charge is 0.387 e. The van der Waals surface area contributed by atoms with Crippen molar-refractivity contribution in [3.8, 4) is 0 Å². The third-order valence-electron chi connectivity index (χ3n) is 3.54. The highest BCUT2D eigenvalue weighted by atomic mass is 35.5. The fourth-order valence-corrected chi connectivity index (χ4v) is 2.84. The zero-order valence-electron chi connectivity index (χ0n) is 10.6. The van der Waals surface area contributed by atoms with Gasteiger partial charge in [0.15, 0.2) is 0 Å². The quantitative estimate of drug-likeness (QED) is 0.907. The van der Waals surface area contributed by atoms with E-state index in [1.165, 1.54) is 5.56 Å². The van der Waals surface area contributed by atoms with Crippen LogP contribution in [0.1, 0.15) is 22.8 Å². The predicted octanol–water partition coefficient (Wildman–Crippen LogP) is 3.39. The lowest BCUT2D eigenvalue weighted by Crippen LogP contribution is -2.33. The first kappa shape index (κ1) is 12.7. The number of hydrogen-bond acceptors (Lipinski definition) is 2. The second kappa shape index (κ2) is 5.33. The van der Waals surface area contributed by atoms with Crippen molar-refractivity contribution in [1.82, 2.24) is 4.90 Å². The van der Waals surface area contributed by atoms with Gasteiger partial charge in [-0.1, -0.05) is 48.0 Å². The van der Waals surface area contributed by atoms with E-state index in [0.29, 0.717) is 6.54 Å². The summed E-state index contributed by atoms with van der Waals surface area (Å²) in [6, 6.07) is 16.1. The van der Waals surface area contributed by atoms with E-state index in [4.69, 9.17) is 11.6 Å². The molecule has 1 heterocycles. The Morgan fingerprint density at radius 1 is 1.16 bits per heavy atom. The third kappa shape index (κ3) is 2.81. The standard InChI is InChI=1S/C16H16ClNO/c17-14-6-7-15-13(8-14)10-18(11-16(15)19)9-12-4-2-1-3-5-12/h1-8,16,19H,9-11H2. The topological polar surface area (TPSA) is 23.5 Å². The molecule has 2 nitrogen and oxygen atoms in total. The summed E-state index contributed by atoms with van der Waals surface area (Å²) in [7, 11) is 0. The maximum absolute atomic E-state index is 10.2. The van der Waals surface area contributed by atoms with Crippen molar-refractivity contribution in [2.24, 2.45) is 0 Å². The van der Waals surface area contributed by atoms with Crippen LogP contribution in [0.3, 0.4) is 0 Å². The van der Waals surface area contributed by atoms with Gasteiger partial charge in [-0.2, -0.15) is 0 Å². The monoisotopic (exact) mass is 273 g/mol. The van der Waals surface area contributed by atoms with Crippen LogP contribution in [-0.2, 0) is 13.1 Å². The highest BCUT2D eigenvalue weighted by molar-refractivity contribution is 6.30. The van der Waals surface area contributed by atoms with E-state index in [-0.39, 0.29) is 0 Å². The average molecular weight is 274 g/mol. The minimum Gasteiger partial charge on any atom is -0.387 e. The van der Waals surface area contributed by atoms with Gasteiger partial charge >= 0.3 is 0 Å². The Morgan fingerprint density at radius 2 is 1.95 bits per heavy atom. The number of β-amino-alcohol motifs (C(OH)–C–C–N with tert-alkyl or cyclic N) is 1. The van der Waals surface area contributed by atoms with Crippen LogP contribution in [0.2, 0.25) is 5.02 Å². The molecule has 0 spiro atoms. The van der Waals surface area contributed by atoms with Gasteiger partial charge in [-0.15, -0.1) is 0 Å². The minimum absolute atomic E-state index is 0.426. The Balaban J connectivity index is 1.81. The molecule has 19 heavy (non-hydrogen) atoms. The average Bonchev–Trinajstić information content (AvgIpc) is 2.39. The molecule has 3 rings (SSSR count). The van der Waals surface area contributed by atoms with E-state index >= 15 is 0 Å². The van der Waals surface area contributed by atoms with Crippen molar-refractivity contribution in [2.45, 2.75) is 19.2 Å². The molecule has 0 radical (unpaired) electrons. The summed E-state index contributed by atoms with van der Waals surface area (Å²) in [6.45, 7) is 2.36. The number of aliphatic hydroxyl groups is 1. The Morgan fingerprint density at radius 3 is 2.74 bits per heavy atom. The highest BCUT2D eigenvalue weighted by Crippen LogP contribution is 2.29. The molecular formula is C16H16ClNO. The lowest BCUT2D eigenvalue weighted by atomic mass is 9.97. The number of halogens is 1. The van der Waals surface area contributed by atoms with Gasteiger partial charge in [-0.3, -0.25) is 4.90 Å². The van der Waals surface area contributed by atoms with Gasteiger partial charge in [-0.25, -0.2) is 0 Å². The molecule has 0 bridgehead atoms. The van der Waals surface area contributed by atoms with Crippen molar-refractivity contribution >= 4 is 11.6 Å². The van der Waals surface area contributed by atoms with Gasteiger partial charge < -0.3 is 5.11 Å². The second-order valence-corrected chi connectivity index (χ2v) is 5.45. The van der Waals surface area contributed by atoms with E-state index in [1.54, 1.807) is 0 Å². The molecule has 3 heteroatoms. The molecule has 1 unspecified atom stereocenters. The third-order valence-corrected chi connectivity index (χ3v) is 3.77. The van der Waals surface area contributed by atoms with Gasteiger partial charge in [-0.05, 0) is 28.8 Å². The molecule has 2 aromatic rings. The summed E-state index contributed by atoms with van der Waals surface area (Å²) in [5.74, 6) is 0. The molecule has 1 atom stereocenters. The SMILES string of the molecule is OC1CN(Cc2ccccc2)Cc2cc(Cl)ccc21. The summed E-state index contributed by atoms with van der Waals surface area (Å²) >= 11 is 6.03. The minimum atomic E-state index is -0.426. The maximum atomic E-state index is 10.2. The van der Waals surface area contributed by atoms with Gasteiger partial charge in [0.05, 0.1) is 6.10 Å². The summed E-state index contributed by atoms with van der Waals surface area (Å²) in [6.07, 6.45) is -0.426. The lowest BCUT2D eigenvalue weighted by molar-refractivity contribution is 0.0882. The first-order chi connectivity index (χ1) is 9.22. The number of hydrogen-bond donors (Lipinski definition) is 1. The number of fused-ring (bicyclic) bond motifs is 1. The smallest absolute Gasteiger partial charge is 0.0920 e. The van der Waals surface area contributed by atoms with Crippen molar-refractivity contribution in [3.63, 3.8) is 0 Å². The normalized spacial score (nSPS) is 19.2. The van der Waals surface area contributed by atoms with E-state index in [0.717, 1.165) is 29.2 Å². The van der Waals surface area contributed by atoms with Crippen LogP contribution in [0.25, 0.3) is 0 Å². The zero-order valence-corrected chi connectivity index (χ0v) is 11.3. The molecule has 0 amide bonds. The first-order valence-electron chi connectivity index (χ1n) is 6.45. The Bertz CT molecular complexity index is 570. The molecule has 1 N–H and O–H groups in total. The zero-order chi connectivity index (χ0) is 13.2. The molecule has 98 valence electrons. The number of nitrogens with zero attached hydrogens (tertiary/aromatic N) is 1. The Labute approximate surface area is 118 Å². The maximum Gasteiger partial charge on any atom is 0.0920 e. The molecule has 1 aliphatic heterocycles. The Hall–Kier alpha value is -1.35. The summed E-state index contributed by atoms with van der Waals surface area (Å²) in [5, 5.41) is 10.9. The van der Waals surface area contributed by atoms with Gasteiger partial charge in [0.25, 0.3) is 0 Å². The molecule has 0 fully saturated rings. The molecular weight excluding hydrogens is 258 g/mol. The van der Waals surface area contributed by atoms with E-state index in [1.807, 2.05) is 36.4 Å². The van der Waals surface area contributed by atoms with E-state index in [9.17, 15) is 5.11 Å². The number of rotatable bonds is 2. The van der Waals surface area contributed by atoms with Crippen molar-refractivity contribution in [2.75, 3.05) is 6.54 Å². The molecule has 0 saturated heterocycles. The molecule has 0 aromatic heterocycles. The molecule has 0 saturated carbocycles. The van der Waals surface area contributed by atoms with E-state index < -0.39 is 6.10 Å². The van der Waals surface area contributed by atoms with Crippen LogP contribution in [0, 0.1) is 0 Å². The van der Waals surface area contributed by atoms with Crippen LogP contribution in [-0.4, -0.2) is 16.6 Å². The fraction of sp³-hybridized carbons (Fsp3) is 0.250. The van der Waals surface area contributed by atoms with Crippen LogP contribution in [0.4, 0.5) is 0 Å². The van der Waals surface area contributed by atoms with Crippen LogP contribution < -0.4 is 0 Å². The lowest BCUT2D eigenvalue weighted by Gasteiger charge is -2.32. The number of benzene rings is 2. The molecule has 0 aliphatic carbocycles. The van der Waals surface area contributed by atoms with Crippen LogP contribution >= 0.6 is 11.6 Å². The second-order valence-electron chi connectivity index (χ2n) is 5.01. The van der Waals surface area contributed by atoms with Crippen molar-refractivity contribution < 1.29 is 5.11 Å². The Kier molecular flexibility index (Phi) is 3.56. The summed E-state index contributed by atoms with van der Waals surface area (Å²) in [5.41, 5.74) is 3.40. The van der Waals surface area contributed by atoms with Gasteiger partial charge in [0.2, 0.25) is 0 Å². The molecule has 1 aliphatic rings. The van der Waals surface area contributed by atoms with Crippen molar-refractivity contribution in [3.05, 3.63) is 70.2 Å². The predicted molar refractivity (Wildman–Crippen MR) is 77.0 cm³/mol. The van der Waals surface area contributed by atoms with Gasteiger partial charge in [0.1, 0.15) is 0 Å². The van der Waals surface area contributed by atoms with Crippen molar-refractivity contribution in [1.29, 1.82) is 0 Å². The van der Waals surface area contributed by atoms with Gasteiger partial charge in [0, 0.05) is 24.7 Å². The van der Waals surface area contributed by atoms with Crippen LogP contribution in [0.15, 0.2) is 48.5 Å². The molecule has 2 aromatic carbocycles. The number of aliphatic hydroxyl groups excluding tert-OH is 1. The van der Waals surface area contributed by atoms with E-state index in [2.05, 4.69) is 17.0 Å². The van der Waals surface area contributed by atoms with Crippen LogP contribution in [0.5, 0.6) is 0 Å².